The zero-order valence-corrected chi connectivity index (χ0v) is 18.8. The van der Waals surface area contributed by atoms with Gasteiger partial charge in [-0.05, 0) is 41.2 Å². The van der Waals surface area contributed by atoms with Crippen LogP contribution in [0.25, 0.3) is 17.2 Å². The predicted molar refractivity (Wildman–Crippen MR) is 121 cm³/mol. The fraction of sp³-hybridized carbons (Fsp3) is 0.259. The molecule has 35 heavy (non-hydrogen) atoms. The second-order valence-electron chi connectivity index (χ2n) is 8.06. The van der Waals surface area contributed by atoms with E-state index in [0.29, 0.717) is 17.7 Å². The molecule has 0 aliphatic rings. The second kappa shape index (κ2) is 11.0. The van der Waals surface area contributed by atoms with Crippen LogP contribution in [0.15, 0.2) is 66.7 Å². The van der Waals surface area contributed by atoms with Crippen LogP contribution in [0.3, 0.4) is 0 Å². The third kappa shape index (κ3) is 7.87. The first-order chi connectivity index (χ1) is 16.5. The predicted octanol–water partition coefficient (Wildman–Crippen LogP) is 8.76. The van der Waals surface area contributed by atoms with Gasteiger partial charge in [-0.15, -0.1) is 0 Å². The van der Waals surface area contributed by atoms with E-state index in [4.69, 9.17) is 0 Å². The molecule has 0 heterocycles. The molecular weight excluding hydrogens is 473 g/mol. The van der Waals surface area contributed by atoms with Crippen molar-refractivity contribution in [1.82, 2.24) is 0 Å². The lowest BCUT2D eigenvalue weighted by Crippen LogP contribution is -2.25. The molecule has 1 nitrogen and oxygen atoms in total. The highest BCUT2D eigenvalue weighted by molar-refractivity contribution is 5.64. The molecule has 0 aromatic heterocycles. The van der Waals surface area contributed by atoms with Crippen molar-refractivity contribution < 1.29 is 35.5 Å². The maximum Gasteiger partial charge on any atom is 0.409 e. The van der Waals surface area contributed by atoms with Crippen LogP contribution in [-0.4, -0.2) is 12.3 Å². The number of aryl methyl sites for hydroxylation is 2. The van der Waals surface area contributed by atoms with Crippen LogP contribution >= 0.6 is 0 Å². The van der Waals surface area contributed by atoms with Crippen molar-refractivity contribution in [2.75, 3.05) is 0 Å². The van der Waals surface area contributed by atoms with Gasteiger partial charge in [0.25, 0.3) is 0 Å². The molecule has 3 rings (SSSR count). The number of alkyl halides is 5. The molecule has 186 valence electrons. The normalized spacial score (nSPS) is 12.3. The second-order valence-corrected chi connectivity index (χ2v) is 8.06. The summed E-state index contributed by atoms with van der Waals surface area (Å²) in [6.07, 6.45) is -7.48. The van der Waals surface area contributed by atoms with Crippen LogP contribution in [0.4, 0.5) is 30.7 Å². The maximum absolute atomic E-state index is 14.3. The minimum atomic E-state index is -4.78. The summed E-state index contributed by atoms with van der Waals surface area (Å²) in [6, 6.07) is 16.0. The molecule has 0 saturated carbocycles. The van der Waals surface area contributed by atoms with Crippen molar-refractivity contribution in [1.29, 1.82) is 0 Å². The molecule has 0 unspecified atom stereocenters. The van der Waals surface area contributed by atoms with Gasteiger partial charge >= 0.3 is 12.3 Å². The number of rotatable bonds is 9. The quantitative estimate of drug-likeness (QED) is 0.269. The van der Waals surface area contributed by atoms with E-state index >= 15 is 0 Å². The van der Waals surface area contributed by atoms with Crippen molar-refractivity contribution in [3.63, 3.8) is 0 Å². The van der Waals surface area contributed by atoms with Crippen LogP contribution in [0.1, 0.15) is 36.5 Å². The highest BCUT2D eigenvalue weighted by Crippen LogP contribution is 2.30. The fourth-order valence-corrected chi connectivity index (χ4v) is 3.49. The zero-order valence-electron chi connectivity index (χ0n) is 18.8. The van der Waals surface area contributed by atoms with E-state index in [1.165, 1.54) is 5.56 Å². The average Bonchev–Trinajstić information content (AvgIpc) is 2.77. The lowest BCUT2D eigenvalue weighted by Gasteiger charge is -2.18. The lowest BCUT2D eigenvalue weighted by atomic mass is 10.00. The molecule has 0 fully saturated rings. The molecule has 0 aliphatic heterocycles. The Kier molecular flexibility index (Phi) is 8.25. The Labute approximate surface area is 198 Å². The van der Waals surface area contributed by atoms with Gasteiger partial charge in [0.2, 0.25) is 0 Å². The van der Waals surface area contributed by atoms with Crippen LogP contribution < -0.4 is 4.74 Å². The Morgan fingerprint density at radius 3 is 1.69 bits per heavy atom. The van der Waals surface area contributed by atoms with E-state index < -0.39 is 41.7 Å². The van der Waals surface area contributed by atoms with Gasteiger partial charge in [-0.3, -0.25) is 0 Å². The summed E-state index contributed by atoms with van der Waals surface area (Å²) in [5, 5.41) is 0. The Morgan fingerprint density at radius 1 is 0.743 bits per heavy atom. The van der Waals surface area contributed by atoms with E-state index in [2.05, 4.69) is 23.8 Å². The SMILES string of the molecule is CCCc1ccc(-c2ccc(CCC(F)(F)Oc3cc(F)c(C=CC(F)(F)F)c(F)c3)cc2)cc1. The summed E-state index contributed by atoms with van der Waals surface area (Å²) in [7, 11) is 0. The Morgan fingerprint density at radius 2 is 1.23 bits per heavy atom. The molecule has 0 N–H and O–H groups in total. The first-order valence-corrected chi connectivity index (χ1v) is 11.0. The average molecular weight is 496 g/mol. The maximum atomic E-state index is 14.3. The summed E-state index contributed by atoms with van der Waals surface area (Å²) in [5.74, 6) is -3.72. The molecule has 0 spiro atoms. The zero-order chi connectivity index (χ0) is 25.6. The molecule has 3 aromatic carbocycles. The van der Waals surface area contributed by atoms with Crippen LogP contribution in [0, 0.1) is 11.6 Å². The Balaban J connectivity index is 1.62. The molecule has 0 saturated heterocycles. The van der Waals surface area contributed by atoms with Gasteiger partial charge in [0.1, 0.15) is 17.4 Å². The summed E-state index contributed by atoms with van der Waals surface area (Å²) in [5.41, 5.74) is 2.79. The monoisotopic (exact) mass is 496 g/mol. The summed E-state index contributed by atoms with van der Waals surface area (Å²) < 4.78 is 97.6. The minimum Gasteiger partial charge on any atom is -0.432 e. The van der Waals surface area contributed by atoms with Gasteiger partial charge in [0.05, 0.1) is 6.42 Å². The van der Waals surface area contributed by atoms with Crippen LogP contribution in [0.5, 0.6) is 5.75 Å². The summed E-state index contributed by atoms with van der Waals surface area (Å²) in [4.78, 5) is 0. The van der Waals surface area contributed by atoms with Gasteiger partial charge in [0, 0.05) is 23.8 Å². The molecule has 0 radical (unpaired) electrons. The van der Waals surface area contributed by atoms with E-state index in [9.17, 15) is 30.7 Å². The van der Waals surface area contributed by atoms with Gasteiger partial charge in [-0.2, -0.15) is 22.0 Å². The van der Waals surface area contributed by atoms with E-state index in [-0.39, 0.29) is 18.6 Å². The molecule has 0 amide bonds. The summed E-state index contributed by atoms with van der Waals surface area (Å²) >= 11 is 0. The molecular formula is C27H23F7O. The Hall–Kier alpha value is -3.29. The lowest BCUT2D eigenvalue weighted by molar-refractivity contribution is -0.180. The van der Waals surface area contributed by atoms with Crippen molar-refractivity contribution in [3.8, 4) is 16.9 Å². The van der Waals surface area contributed by atoms with Crippen molar-refractivity contribution in [3.05, 3.63) is 95.1 Å². The smallest absolute Gasteiger partial charge is 0.409 e. The van der Waals surface area contributed by atoms with Crippen molar-refractivity contribution in [2.24, 2.45) is 0 Å². The fourth-order valence-electron chi connectivity index (χ4n) is 3.49. The number of benzene rings is 3. The van der Waals surface area contributed by atoms with Gasteiger partial charge in [-0.1, -0.05) is 61.9 Å². The van der Waals surface area contributed by atoms with Gasteiger partial charge in [0.15, 0.2) is 0 Å². The van der Waals surface area contributed by atoms with E-state index in [1.54, 1.807) is 12.1 Å². The molecule has 8 heteroatoms. The highest BCUT2D eigenvalue weighted by atomic mass is 19.4. The third-order valence-electron chi connectivity index (χ3n) is 5.24. The largest absolute Gasteiger partial charge is 0.432 e. The molecule has 0 aliphatic carbocycles. The van der Waals surface area contributed by atoms with Gasteiger partial charge in [-0.25, -0.2) is 8.78 Å². The van der Waals surface area contributed by atoms with Crippen LogP contribution in [0.2, 0.25) is 0 Å². The Bertz CT molecular complexity index is 1120. The molecule has 0 atom stereocenters. The van der Waals surface area contributed by atoms with Gasteiger partial charge < -0.3 is 4.74 Å². The highest BCUT2D eigenvalue weighted by Gasteiger charge is 2.32. The number of allylic oxidation sites excluding steroid dienone is 1. The number of ether oxygens (including phenoxy) is 1. The first-order valence-electron chi connectivity index (χ1n) is 11.0. The van der Waals surface area contributed by atoms with E-state index in [0.717, 1.165) is 24.0 Å². The number of halogens is 7. The number of hydrogen-bond acceptors (Lipinski definition) is 1. The molecule has 3 aromatic rings. The van der Waals surface area contributed by atoms with Crippen molar-refractivity contribution >= 4 is 6.08 Å². The topological polar surface area (TPSA) is 9.23 Å². The number of hydrogen-bond donors (Lipinski definition) is 0. The first kappa shape index (κ1) is 26.3. The van der Waals surface area contributed by atoms with Crippen molar-refractivity contribution in [2.45, 2.75) is 44.9 Å². The van der Waals surface area contributed by atoms with Crippen LogP contribution in [-0.2, 0) is 12.8 Å². The molecule has 0 bridgehead atoms. The summed E-state index contributed by atoms with van der Waals surface area (Å²) in [6.45, 7) is 2.10. The van der Waals surface area contributed by atoms with E-state index in [1.807, 2.05) is 24.3 Å². The standard InChI is InChI=1S/C27H23F7O/c1-2-3-18-4-8-20(9-5-18)21-10-6-19(7-11-21)12-15-27(33,34)35-22-16-24(28)23(25(29)17-22)13-14-26(30,31)32/h4-11,13-14,16-17H,2-3,12,15H2,1H3. The third-order valence-corrected chi connectivity index (χ3v) is 5.24. The minimum absolute atomic E-state index is 0.0694.